The van der Waals surface area contributed by atoms with Crippen molar-refractivity contribution in [2.24, 2.45) is 5.10 Å². The van der Waals surface area contributed by atoms with Crippen LogP contribution in [0.4, 0.5) is 5.95 Å². The first kappa shape index (κ1) is 20.4. The van der Waals surface area contributed by atoms with Crippen molar-refractivity contribution in [3.8, 4) is 17.0 Å². The highest BCUT2D eigenvalue weighted by molar-refractivity contribution is 6.30. The lowest BCUT2D eigenvalue weighted by atomic mass is 10.1. The van der Waals surface area contributed by atoms with Gasteiger partial charge in [0.25, 0.3) is 5.56 Å². The molecule has 31 heavy (non-hydrogen) atoms. The predicted octanol–water partition coefficient (Wildman–Crippen LogP) is 5.12. The number of hydrazone groups is 1. The second-order valence-electron chi connectivity index (χ2n) is 6.70. The van der Waals surface area contributed by atoms with E-state index in [2.05, 4.69) is 20.5 Å². The topological polar surface area (TPSA) is 79.4 Å². The zero-order chi connectivity index (χ0) is 21.5. The number of aromatic amines is 1. The van der Waals surface area contributed by atoms with Gasteiger partial charge in [-0.15, -0.1) is 0 Å². The maximum absolute atomic E-state index is 11.9. The summed E-state index contributed by atoms with van der Waals surface area (Å²) in [6, 6.07) is 26.0. The lowest BCUT2D eigenvalue weighted by Gasteiger charge is -2.06. The van der Waals surface area contributed by atoms with Crippen molar-refractivity contribution in [2.75, 3.05) is 5.43 Å². The van der Waals surface area contributed by atoms with Gasteiger partial charge in [-0.1, -0.05) is 54.1 Å². The van der Waals surface area contributed by atoms with Crippen LogP contribution in [0.25, 0.3) is 11.3 Å². The Labute approximate surface area is 184 Å². The molecule has 0 bridgehead atoms. The van der Waals surface area contributed by atoms with E-state index in [1.807, 2.05) is 78.9 Å². The van der Waals surface area contributed by atoms with Crippen LogP contribution in [0.1, 0.15) is 11.1 Å². The number of aromatic nitrogens is 2. The second kappa shape index (κ2) is 9.73. The van der Waals surface area contributed by atoms with Crippen molar-refractivity contribution in [3.05, 3.63) is 111 Å². The van der Waals surface area contributed by atoms with Gasteiger partial charge in [0, 0.05) is 16.7 Å². The number of rotatable bonds is 7. The fraction of sp³-hybridized carbons (Fsp3) is 0.0417. The largest absolute Gasteiger partial charge is 0.489 e. The molecule has 0 fully saturated rings. The second-order valence-corrected chi connectivity index (χ2v) is 7.14. The first-order valence-electron chi connectivity index (χ1n) is 9.59. The molecule has 0 spiro atoms. The number of anilines is 1. The molecule has 0 amide bonds. The number of nitrogens with one attached hydrogen (secondary N) is 2. The fourth-order valence-electron chi connectivity index (χ4n) is 2.83. The Bertz CT molecular complexity index is 1220. The number of ether oxygens (including phenoxy) is 1. The molecule has 0 aliphatic heterocycles. The molecular formula is C24H19ClN4O2. The number of benzene rings is 3. The van der Waals surface area contributed by atoms with Gasteiger partial charge in [0.1, 0.15) is 12.4 Å². The highest BCUT2D eigenvalue weighted by Crippen LogP contribution is 2.16. The van der Waals surface area contributed by atoms with Crippen molar-refractivity contribution >= 4 is 23.8 Å². The van der Waals surface area contributed by atoms with Crippen LogP contribution in [-0.4, -0.2) is 16.2 Å². The third-order valence-corrected chi connectivity index (χ3v) is 4.65. The smallest absolute Gasteiger partial charge is 0.252 e. The lowest BCUT2D eigenvalue weighted by Crippen LogP contribution is -2.10. The van der Waals surface area contributed by atoms with E-state index in [-0.39, 0.29) is 11.5 Å². The number of hydrogen-bond acceptors (Lipinski definition) is 5. The number of hydrogen-bond donors (Lipinski definition) is 2. The van der Waals surface area contributed by atoms with Gasteiger partial charge in [-0.05, 0) is 47.5 Å². The summed E-state index contributed by atoms with van der Waals surface area (Å²) in [7, 11) is 0. The summed E-state index contributed by atoms with van der Waals surface area (Å²) in [4.78, 5) is 19.0. The zero-order valence-electron chi connectivity index (χ0n) is 16.5. The molecule has 1 heterocycles. The molecule has 154 valence electrons. The molecule has 0 saturated heterocycles. The summed E-state index contributed by atoms with van der Waals surface area (Å²) in [5, 5.41) is 4.86. The van der Waals surface area contributed by atoms with Crippen molar-refractivity contribution in [2.45, 2.75) is 6.61 Å². The predicted molar refractivity (Wildman–Crippen MR) is 124 cm³/mol. The molecule has 0 unspecified atom stereocenters. The van der Waals surface area contributed by atoms with Crippen LogP contribution in [0, 0.1) is 0 Å². The van der Waals surface area contributed by atoms with Crippen molar-refractivity contribution < 1.29 is 4.74 Å². The normalized spacial score (nSPS) is 10.9. The van der Waals surface area contributed by atoms with Gasteiger partial charge >= 0.3 is 0 Å². The molecule has 0 saturated carbocycles. The molecule has 0 radical (unpaired) electrons. The summed E-state index contributed by atoms with van der Waals surface area (Å²) in [6.45, 7) is 0.461. The number of nitrogens with zero attached hydrogens (tertiary/aromatic N) is 2. The third kappa shape index (κ3) is 5.81. The molecule has 0 atom stereocenters. The zero-order valence-corrected chi connectivity index (χ0v) is 17.2. The molecule has 2 N–H and O–H groups in total. The molecule has 7 heteroatoms. The standard InChI is InChI=1S/C24H19ClN4O2/c25-20-10-6-18(7-11-20)16-31-21-12-8-17(9-13-21)15-26-29-24-27-22(14-23(30)28-24)19-4-2-1-3-5-19/h1-15H,16H2,(H2,27,28,29,30)/b26-15+. The van der Waals surface area contributed by atoms with E-state index in [0.29, 0.717) is 17.3 Å². The lowest BCUT2D eigenvalue weighted by molar-refractivity contribution is 0.306. The van der Waals surface area contributed by atoms with Crippen LogP contribution in [0.5, 0.6) is 5.75 Å². The van der Waals surface area contributed by atoms with Crippen LogP contribution in [0.3, 0.4) is 0 Å². The Balaban J connectivity index is 1.36. The van der Waals surface area contributed by atoms with Crippen molar-refractivity contribution in [1.82, 2.24) is 9.97 Å². The Morgan fingerprint density at radius 2 is 1.74 bits per heavy atom. The van der Waals surface area contributed by atoms with Crippen LogP contribution >= 0.6 is 11.6 Å². The molecule has 6 nitrogen and oxygen atoms in total. The molecule has 0 aliphatic rings. The molecular weight excluding hydrogens is 412 g/mol. The van der Waals surface area contributed by atoms with Crippen LogP contribution in [0.2, 0.25) is 5.02 Å². The van der Waals surface area contributed by atoms with Gasteiger partial charge in [0.05, 0.1) is 11.9 Å². The van der Waals surface area contributed by atoms with Gasteiger partial charge in [0.15, 0.2) is 0 Å². The third-order valence-electron chi connectivity index (χ3n) is 4.39. The van der Waals surface area contributed by atoms with E-state index >= 15 is 0 Å². The first-order chi connectivity index (χ1) is 15.2. The summed E-state index contributed by atoms with van der Waals surface area (Å²) >= 11 is 5.89. The summed E-state index contributed by atoms with van der Waals surface area (Å²) < 4.78 is 5.78. The van der Waals surface area contributed by atoms with Crippen LogP contribution in [0.15, 0.2) is 94.8 Å². The van der Waals surface area contributed by atoms with Gasteiger partial charge in [-0.25, -0.2) is 10.4 Å². The summed E-state index contributed by atoms with van der Waals surface area (Å²) in [6.07, 6.45) is 1.64. The highest BCUT2D eigenvalue weighted by Gasteiger charge is 2.03. The Morgan fingerprint density at radius 1 is 1.00 bits per heavy atom. The van der Waals surface area contributed by atoms with E-state index in [4.69, 9.17) is 16.3 Å². The number of halogens is 1. The molecule has 3 aromatic carbocycles. The molecule has 4 rings (SSSR count). The minimum Gasteiger partial charge on any atom is -0.489 e. The molecule has 4 aromatic rings. The van der Waals surface area contributed by atoms with Gasteiger partial charge in [-0.2, -0.15) is 5.10 Å². The van der Waals surface area contributed by atoms with Crippen LogP contribution in [-0.2, 0) is 6.61 Å². The fourth-order valence-corrected chi connectivity index (χ4v) is 2.96. The van der Waals surface area contributed by atoms with Crippen molar-refractivity contribution in [3.63, 3.8) is 0 Å². The van der Waals surface area contributed by atoms with E-state index in [0.717, 1.165) is 22.4 Å². The quantitative estimate of drug-likeness (QED) is 0.315. The van der Waals surface area contributed by atoms with Crippen molar-refractivity contribution in [1.29, 1.82) is 0 Å². The summed E-state index contributed by atoms with van der Waals surface area (Å²) in [5.41, 5.74) is 5.85. The molecule has 1 aromatic heterocycles. The number of H-pyrrole nitrogens is 1. The van der Waals surface area contributed by atoms with Crippen LogP contribution < -0.4 is 15.7 Å². The monoisotopic (exact) mass is 430 g/mol. The van der Waals surface area contributed by atoms with E-state index in [1.54, 1.807) is 6.21 Å². The molecule has 0 aliphatic carbocycles. The summed E-state index contributed by atoms with van der Waals surface area (Å²) in [5.74, 6) is 1.02. The van der Waals surface area contributed by atoms with E-state index in [1.165, 1.54) is 6.07 Å². The first-order valence-corrected chi connectivity index (χ1v) is 9.97. The Kier molecular flexibility index (Phi) is 6.40. The Hall–Kier alpha value is -3.90. The average molecular weight is 431 g/mol. The van der Waals surface area contributed by atoms with Gasteiger partial charge in [-0.3, -0.25) is 9.78 Å². The highest BCUT2D eigenvalue weighted by atomic mass is 35.5. The minimum absolute atomic E-state index is 0.256. The van der Waals surface area contributed by atoms with Gasteiger partial charge < -0.3 is 4.74 Å². The average Bonchev–Trinajstić information content (AvgIpc) is 2.80. The minimum atomic E-state index is -0.256. The maximum Gasteiger partial charge on any atom is 0.252 e. The van der Waals surface area contributed by atoms with Gasteiger partial charge in [0.2, 0.25) is 5.95 Å². The Morgan fingerprint density at radius 3 is 2.48 bits per heavy atom. The van der Waals surface area contributed by atoms with E-state index in [9.17, 15) is 4.79 Å². The SMILES string of the molecule is O=c1cc(-c2ccccc2)nc(N/N=C/c2ccc(OCc3ccc(Cl)cc3)cc2)[nH]1. The maximum atomic E-state index is 11.9. The van der Waals surface area contributed by atoms with E-state index < -0.39 is 0 Å².